The van der Waals surface area contributed by atoms with E-state index in [0.29, 0.717) is 6.04 Å². The first-order valence-electron chi connectivity index (χ1n) is 8.84. The Morgan fingerprint density at radius 2 is 1.84 bits per heavy atom. The molecule has 0 unspecified atom stereocenters. The van der Waals surface area contributed by atoms with Crippen LogP contribution in [0.25, 0.3) is 5.69 Å². The second-order valence-corrected chi connectivity index (χ2v) is 6.72. The summed E-state index contributed by atoms with van der Waals surface area (Å²) in [6, 6.07) is 10.2. The molecule has 2 heterocycles. The van der Waals surface area contributed by atoms with Gasteiger partial charge in [0.1, 0.15) is 5.75 Å². The van der Waals surface area contributed by atoms with Crippen LogP contribution in [0, 0.1) is 13.8 Å². The Morgan fingerprint density at radius 1 is 1.20 bits per heavy atom. The van der Waals surface area contributed by atoms with Gasteiger partial charge < -0.3 is 19.5 Å². The minimum atomic E-state index is 0.111. The lowest BCUT2D eigenvalue weighted by atomic mass is 10.0. The van der Waals surface area contributed by atoms with E-state index in [0.717, 1.165) is 54.3 Å². The smallest absolute Gasteiger partial charge is 0.255 e. The fourth-order valence-electron chi connectivity index (χ4n) is 3.66. The van der Waals surface area contributed by atoms with Gasteiger partial charge in [-0.3, -0.25) is 4.79 Å². The third kappa shape index (κ3) is 3.42. The summed E-state index contributed by atoms with van der Waals surface area (Å²) in [5.74, 6) is 0.938. The standard InChI is InChI=1S/C20H27N3O2/c1-14-13-19(20(24)22(3)16-9-11-21-12-10-16)15(2)23(14)17-5-7-18(25-4)8-6-17/h5-8,13,16,21H,9-12H2,1-4H3. The number of carbonyl (C=O) groups is 1. The summed E-state index contributed by atoms with van der Waals surface area (Å²) in [5, 5.41) is 3.35. The molecule has 1 N–H and O–H groups in total. The molecular formula is C20H27N3O2. The molecule has 2 aromatic rings. The van der Waals surface area contributed by atoms with Gasteiger partial charge in [-0.05, 0) is 70.1 Å². The van der Waals surface area contributed by atoms with E-state index in [1.54, 1.807) is 7.11 Å². The Hall–Kier alpha value is -2.27. The van der Waals surface area contributed by atoms with E-state index in [9.17, 15) is 4.79 Å². The van der Waals surface area contributed by atoms with Crippen LogP contribution in [0.15, 0.2) is 30.3 Å². The fourth-order valence-corrected chi connectivity index (χ4v) is 3.66. The Labute approximate surface area is 149 Å². The maximum absolute atomic E-state index is 13.0. The molecule has 0 radical (unpaired) electrons. The molecule has 0 saturated carbocycles. The van der Waals surface area contributed by atoms with Gasteiger partial charge in [0.25, 0.3) is 5.91 Å². The van der Waals surface area contributed by atoms with Crippen LogP contribution in [0.1, 0.15) is 34.6 Å². The normalized spacial score (nSPS) is 15.2. The van der Waals surface area contributed by atoms with Gasteiger partial charge in [0.15, 0.2) is 0 Å². The molecule has 0 atom stereocenters. The molecule has 1 saturated heterocycles. The van der Waals surface area contributed by atoms with E-state index in [1.807, 2.05) is 56.1 Å². The number of nitrogens with one attached hydrogen (secondary N) is 1. The number of aryl methyl sites for hydroxylation is 1. The first-order chi connectivity index (χ1) is 12.0. The first-order valence-corrected chi connectivity index (χ1v) is 8.84. The second-order valence-electron chi connectivity index (χ2n) is 6.72. The van der Waals surface area contributed by atoms with Crippen LogP contribution in [0.4, 0.5) is 0 Å². The van der Waals surface area contributed by atoms with Gasteiger partial charge in [0, 0.05) is 30.2 Å². The lowest BCUT2D eigenvalue weighted by molar-refractivity contribution is 0.0702. The Kier molecular flexibility index (Phi) is 5.13. The van der Waals surface area contributed by atoms with Crippen molar-refractivity contribution in [3.05, 3.63) is 47.3 Å². The van der Waals surface area contributed by atoms with Gasteiger partial charge in [0.2, 0.25) is 0 Å². The van der Waals surface area contributed by atoms with Gasteiger partial charge in [0.05, 0.1) is 12.7 Å². The van der Waals surface area contributed by atoms with Crippen molar-refractivity contribution < 1.29 is 9.53 Å². The number of carbonyl (C=O) groups excluding carboxylic acids is 1. The quantitative estimate of drug-likeness (QED) is 0.930. The van der Waals surface area contributed by atoms with Crippen molar-refractivity contribution >= 4 is 5.91 Å². The number of rotatable bonds is 4. The van der Waals surface area contributed by atoms with E-state index in [-0.39, 0.29) is 5.91 Å². The van der Waals surface area contributed by atoms with Crippen molar-refractivity contribution in [1.29, 1.82) is 0 Å². The van der Waals surface area contributed by atoms with E-state index < -0.39 is 0 Å². The van der Waals surface area contributed by atoms with Crippen molar-refractivity contribution in [1.82, 2.24) is 14.8 Å². The molecule has 3 rings (SSSR count). The minimum Gasteiger partial charge on any atom is -0.497 e. The highest BCUT2D eigenvalue weighted by Crippen LogP contribution is 2.24. The van der Waals surface area contributed by atoms with E-state index in [4.69, 9.17) is 4.74 Å². The monoisotopic (exact) mass is 341 g/mol. The number of hydrogen-bond donors (Lipinski definition) is 1. The van der Waals surface area contributed by atoms with Crippen molar-refractivity contribution in [3.63, 3.8) is 0 Å². The maximum Gasteiger partial charge on any atom is 0.255 e. The largest absolute Gasteiger partial charge is 0.497 e. The predicted molar refractivity (Wildman–Crippen MR) is 99.8 cm³/mol. The van der Waals surface area contributed by atoms with Crippen LogP contribution >= 0.6 is 0 Å². The maximum atomic E-state index is 13.0. The van der Waals surface area contributed by atoms with Gasteiger partial charge in [-0.1, -0.05) is 0 Å². The summed E-state index contributed by atoms with van der Waals surface area (Å²) in [6.45, 7) is 6.01. The third-order valence-corrected chi connectivity index (χ3v) is 5.17. The van der Waals surface area contributed by atoms with Gasteiger partial charge >= 0.3 is 0 Å². The molecule has 1 aromatic heterocycles. The molecule has 1 aliphatic heterocycles. The summed E-state index contributed by atoms with van der Waals surface area (Å²) in [4.78, 5) is 15.0. The molecule has 0 bridgehead atoms. The molecule has 1 amide bonds. The van der Waals surface area contributed by atoms with Crippen molar-refractivity contribution in [2.75, 3.05) is 27.2 Å². The molecule has 134 valence electrons. The van der Waals surface area contributed by atoms with Crippen molar-refractivity contribution in [2.45, 2.75) is 32.7 Å². The Bertz CT molecular complexity index is 743. The van der Waals surface area contributed by atoms with Crippen LogP contribution < -0.4 is 10.1 Å². The number of nitrogens with zero attached hydrogens (tertiary/aromatic N) is 2. The molecule has 1 aliphatic rings. The fraction of sp³-hybridized carbons (Fsp3) is 0.450. The number of methoxy groups -OCH3 is 1. The van der Waals surface area contributed by atoms with Gasteiger partial charge in [-0.15, -0.1) is 0 Å². The van der Waals surface area contributed by atoms with Crippen LogP contribution in [-0.4, -0.2) is 48.7 Å². The molecule has 0 spiro atoms. The highest BCUT2D eigenvalue weighted by Gasteiger charge is 2.25. The van der Waals surface area contributed by atoms with Crippen LogP contribution in [0.5, 0.6) is 5.75 Å². The molecule has 0 aliphatic carbocycles. The minimum absolute atomic E-state index is 0.111. The van der Waals surface area contributed by atoms with E-state index in [1.165, 1.54) is 0 Å². The molecule has 1 aromatic carbocycles. The third-order valence-electron chi connectivity index (χ3n) is 5.17. The molecule has 25 heavy (non-hydrogen) atoms. The number of amides is 1. The van der Waals surface area contributed by atoms with Crippen molar-refractivity contribution in [3.8, 4) is 11.4 Å². The highest BCUT2D eigenvalue weighted by molar-refractivity contribution is 5.96. The number of piperidine rings is 1. The van der Waals surface area contributed by atoms with Crippen molar-refractivity contribution in [2.24, 2.45) is 0 Å². The summed E-state index contributed by atoms with van der Waals surface area (Å²) in [5.41, 5.74) is 3.87. The SMILES string of the molecule is COc1ccc(-n2c(C)cc(C(=O)N(C)C3CCNCC3)c2C)cc1. The Balaban J connectivity index is 1.89. The number of benzene rings is 1. The average Bonchev–Trinajstić information content (AvgIpc) is 2.95. The second kappa shape index (κ2) is 7.31. The molecule has 5 nitrogen and oxygen atoms in total. The lowest BCUT2D eigenvalue weighted by Crippen LogP contribution is -2.44. The van der Waals surface area contributed by atoms with Gasteiger partial charge in [-0.2, -0.15) is 0 Å². The van der Waals surface area contributed by atoms with E-state index >= 15 is 0 Å². The molecule has 1 fully saturated rings. The van der Waals surface area contributed by atoms with E-state index in [2.05, 4.69) is 9.88 Å². The van der Waals surface area contributed by atoms with Crippen LogP contribution in [0.2, 0.25) is 0 Å². The predicted octanol–water partition coefficient (Wildman–Crippen LogP) is 2.93. The van der Waals surface area contributed by atoms with Gasteiger partial charge in [-0.25, -0.2) is 0 Å². The summed E-state index contributed by atoms with van der Waals surface area (Å²) < 4.78 is 7.36. The first kappa shape index (κ1) is 17.5. The number of aromatic nitrogens is 1. The Morgan fingerprint density at radius 3 is 2.44 bits per heavy atom. The zero-order valence-electron chi connectivity index (χ0n) is 15.5. The number of ether oxygens (including phenoxy) is 1. The average molecular weight is 341 g/mol. The van der Waals surface area contributed by atoms with Crippen LogP contribution in [0.3, 0.4) is 0 Å². The topological polar surface area (TPSA) is 46.5 Å². The zero-order valence-corrected chi connectivity index (χ0v) is 15.5. The van der Waals surface area contributed by atoms with Crippen LogP contribution in [-0.2, 0) is 0 Å². The molecule has 5 heteroatoms. The molecular weight excluding hydrogens is 314 g/mol. The summed E-state index contributed by atoms with van der Waals surface area (Å²) >= 11 is 0. The summed E-state index contributed by atoms with van der Waals surface area (Å²) in [6.07, 6.45) is 2.03. The number of hydrogen-bond acceptors (Lipinski definition) is 3. The summed E-state index contributed by atoms with van der Waals surface area (Å²) in [7, 11) is 3.59. The zero-order chi connectivity index (χ0) is 18.0. The lowest BCUT2D eigenvalue weighted by Gasteiger charge is -2.31. The highest BCUT2D eigenvalue weighted by atomic mass is 16.5.